The lowest BCUT2D eigenvalue weighted by molar-refractivity contribution is 0.0798. The predicted molar refractivity (Wildman–Crippen MR) is 108 cm³/mol. The molecule has 4 rings (SSSR count). The Morgan fingerprint density at radius 3 is 2.61 bits per heavy atom. The molecular weight excluding hydrogens is 352 g/mol. The molecule has 0 aliphatic carbocycles. The first-order valence-electron chi connectivity index (χ1n) is 9.33. The van der Waals surface area contributed by atoms with Crippen LogP contribution in [0.2, 0.25) is 0 Å². The second-order valence-electron chi connectivity index (χ2n) is 7.05. The SMILES string of the molecule is Cc1cc(C(=O)NC(C)c2nc3ccccc3[nH]2)ccc1C(=O)N1CC=CC1. The number of fused-ring (bicyclic) bond motifs is 1. The maximum absolute atomic E-state index is 12.7. The van der Waals surface area contributed by atoms with Crippen LogP contribution in [-0.2, 0) is 0 Å². The molecule has 6 heteroatoms. The zero-order valence-electron chi connectivity index (χ0n) is 15.9. The van der Waals surface area contributed by atoms with Gasteiger partial charge in [-0.1, -0.05) is 24.3 Å². The minimum absolute atomic E-state index is 0.00916. The topological polar surface area (TPSA) is 78.1 Å². The molecule has 142 valence electrons. The maximum Gasteiger partial charge on any atom is 0.254 e. The van der Waals surface area contributed by atoms with Crippen molar-refractivity contribution in [2.24, 2.45) is 0 Å². The fourth-order valence-corrected chi connectivity index (χ4v) is 3.39. The van der Waals surface area contributed by atoms with Crippen LogP contribution in [0, 0.1) is 6.92 Å². The summed E-state index contributed by atoms with van der Waals surface area (Å²) in [7, 11) is 0. The predicted octanol–water partition coefficient (Wildman–Crippen LogP) is 3.37. The maximum atomic E-state index is 12.7. The van der Waals surface area contributed by atoms with E-state index in [4.69, 9.17) is 0 Å². The first kappa shape index (κ1) is 18.0. The third-order valence-electron chi connectivity index (χ3n) is 4.99. The Labute approximate surface area is 163 Å². The summed E-state index contributed by atoms with van der Waals surface area (Å²) in [6.07, 6.45) is 3.96. The summed E-state index contributed by atoms with van der Waals surface area (Å²) in [5, 5.41) is 2.97. The summed E-state index contributed by atoms with van der Waals surface area (Å²) in [5.74, 6) is 0.502. The Morgan fingerprint density at radius 1 is 1.14 bits per heavy atom. The van der Waals surface area contributed by atoms with E-state index in [1.807, 2.05) is 50.3 Å². The van der Waals surface area contributed by atoms with E-state index >= 15 is 0 Å². The first-order chi connectivity index (χ1) is 13.5. The van der Waals surface area contributed by atoms with Crippen molar-refractivity contribution in [3.63, 3.8) is 0 Å². The fourth-order valence-electron chi connectivity index (χ4n) is 3.39. The standard InChI is InChI=1S/C22H22N4O2/c1-14-13-16(9-10-17(14)22(28)26-11-5-6-12-26)21(27)23-15(2)20-24-18-7-3-4-8-19(18)25-20/h3-10,13,15H,11-12H2,1-2H3,(H,23,27)(H,24,25). The lowest BCUT2D eigenvalue weighted by atomic mass is 10.0. The number of nitrogens with one attached hydrogen (secondary N) is 2. The number of imidazole rings is 1. The smallest absolute Gasteiger partial charge is 0.254 e. The molecule has 2 heterocycles. The van der Waals surface area contributed by atoms with Crippen molar-refractivity contribution in [1.29, 1.82) is 0 Å². The fraction of sp³-hybridized carbons (Fsp3) is 0.227. The molecule has 0 fully saturated rings. The van der Waals surface area contributed by atoms with Gasteiger partial charge in [0.15, 0.2) is 0 Å². The average Bonchev–Trinajstić information content (AvgIpc) is 3.37. The summed E-state index contributed by atoms with van der Waals surface area (Å²) in [6, 6.07) is 12.7. The van der Waals surface area contributed by atoms with Gasteiger partial charge < -0.3 is 15.2 Å². The van der Waals surface area contributed by atoms with E-state index < -0.39 is 0 Å². The van der Waals surface area contributed by atoms with E-state index in [1.54, 1.807) is 23.1 Å². The normalized spacial score (nSPS) is 14.4. The number of benzene rings is 2. The van der Waals surface area contributed by atoms with E-state index in [0.29, 0.717) is 30.0 Å². The molecule has 0 saturated heterocycles. The summed E-state index contributed by atoms with van der Waals surface area (Å²) < 4.78 is 0. The molecule has 1 aliphatic rings. The monoisotopic (exact) mass is 374 g/mol. The largest absolute Gasteiger partial charge is 0.342 e. The van der Waals surface area contributed by atoms with Crippen molar-refractivity contribution < 1.29 is 9.59 Å². The molecule has 1 unspecified atom stereocenters. The Morgan fingerprint density at radius 2 is 1.89 bits per heavy atom. The highest BCUT2D eigenvalue weighted by molar-refractivity contribution is 5.99. The van der Waals surface area contributed by atoms with Gasteiger partial charge in [0.2, 0.25) is 0 Å². The Bertz CT molecular complexity index is 1040. The molecule has 0 saturated carbocycles. The molecule has 1 aliphatic heterocycles. The highest BCUT2D eigenvalue weighted by Crippen LogP contribution is 2.18. The average molecular weight is 374 g/mol. The number of carbonyl (C=O) groups excluding carboxylic acids is 2. The van der Waals surface area contributed by atoms with Crippen molar-refractivity contribution in [3.05, 3.63) is 77.1 Å². The van der Waals surface area contributed by atoms with E-state index in [1.165, 1.54) is 0 Å². The molecular formula is C22H22N4O2. The van der Waals surface area contributed by atoms with Crippen LogP contribution in [-0.4, -0.2) is 39.8 Å². The van der Waals surface area contributed by atoms with Crippen molar-refractivity contribution in [3.8, 4) is 0 Å². The molecule has 0 spiro atoms. The van der Waals surface area contributed by atoms with Gasteiger partial charge in [0.25, 0.3) is 11.8 Å². The molecule has 1 atom stereocenters. The molecule has 2 N–H and O–H groups in total. The van der Waals surface area contributed by atoms with Crippen molar-refractivity contribution >= 4 is 22.8 Å². The van der Waals surface area contributed by atoms with Gasteiger partial charge in [-0.25, -0.2) is 4.98 Å². The van der Waals surface area contributed by atoms with Gasteiger partial charge in [0, 0.05) is 24.2 Å². The second-order valence-corrected chi connectivity index (χ2v) is 7.05. The molecule has 0 bridgehead atoms. The van der Waals surface area contributed by atoms with Gasteiger partial charge in [-0.2, -0.15) is 0 Å². The molecule has 2 aromatic carbocycles. The Hall–Kier alpha value is -3.41. The zero-order valence-corrected chi connectivity index (χ0v) is 15.9. The van der Waals surface area contributed by atoms with Crippen LogP contribution >= 0.6 is 0 Å². The lowest BCUT2D eigenvalue weighted by Gasteiger charge is -2.17. The van der Waals surface area contributed by atoms with Crippen molar-refractivity contribution in [2.75, 3.05) is 13.1 Å². The summed E-state index contributed by atoms with van der Waals surface area (Å²) in [5.41, 5.74) is 3.76. The molecule has 2 amide bonds. The second kappa shape index (κ2) is 7.31. The van der Waals surface area contributed by atoms with Crippen molar-refractivity contribution in [2.45, 2.75) is 19.9 Å². The van der Waals surface area contributed by atoms with Gasteiger partial charge in [-0.05, 0) is 49.7 Å². The van der Waals surface area contributed by atoms with Crippen molar-refractivity contribution in [1.82, 2.24) is 20.2 Å². The number of nitrogens with zero attached hydrogens (tertiary/aromatic N) is 2. The number of carbonyl (C=O) groups is 2. The number of H-pyrrole nitrogens is 1. The molecule has 0 radical (unpaired) electrons. The zero-order chi connectivity index (χ0) is 19.7. The van der Waals surface area contributed by atoms with E-state index in [9.17, 15) is 9.59 Å². The molecule has 28 heavy (non-hydrogen) atoms. The number of amides is 2. The van der Waals surface area contributed by atoms with E-state index in [0.717, 1.165) is 16.6 Å². The first-order valence-corrected chi connectivity index (χ1v) is 9.33. The molecule has 3 aromatic rings. The summed E-state index contributed by atoms with van der Waals surface area (Å²) in [6.45, 7) is 5.02. The van der Waals surface area contributed by atoms with Gasteiger partial charge >= 0.3 is 0 Å². The van der Waals surface area contributed by atoms with Gasteiger partial charge in [-0.3, -0.25) is 9.59 Å². The van der Waals surface area contributed by atoms with E-state index in [-0.39, 0.29) is 17.9 Å². The lowest BCUT2D eigenvalue weighted by Crippen LogP contribution is -2.29. The van der Waals surface area contributed by atoms with Gasteiger partial charge in [0.05, 0.1) is 17.1 Å². The van der Waals surface area contributed by atoms with Gasteiger partial charge in [-0.15, -0.1) is 0 Å². The number of aromatic nitrogens is 2. The summed E-state index contributed by atoms with van der Waals surface area (Å²) >= 11 is 0. The molecule has 6 nitrogen and oxygen atoms in total. The van der Waals surface area contributed by atoms with Crippen LogP contribution in [0.3, 0.4) is 0 Å². The highest BCUT2D eigenvalue weighted by atomic mass is 16.2. The Kier molecular flexibility index (Phi) is 4.69. The molecule has 1 aromatic heterocycles. The summed E-state index contributed by atoms with van der Waals surface area (Å²) in [4.78, 5) is 34.8. The van der Waals surface area contributed by atoms with Crippen LogP contribution in [0.4, 0.5) is 0 Å². The third-order valence-corrected chi connectivity index (χ3v) is 4.99. The number of hydrogen-bond acceptors (Lipinski definition) is 3. The number of aromatic amines is 1. The van der Waals surface area contributed by atoms with Crippen LogP contribution in [0.1, 0.15) is 45.1 Å². The third kappa shape index (κ3) is 3.41. The van der Waals surface area contributed by atoms with E-state index in [2.05, 4.69) is 15.3 Å². The van der Waals surface area contributed by atoms with Crippen LogP contribution < -0.4 is 5.32 Å². The number of rotatable bonds is 4. The Balaban J connectivity index is 1.48. The van der Waals surface area contributed by atoms with Crippen LogP contribution in [0.15, 0.2) is 54.6 Å². The highest BCUT2D eigenvalue weighted by Gasteiger charge is 2.20. The number of aryl methyl sites for hydroxylation is 1. The van der Waals surface area contributed by atoms with Crippen LogP contribution in [0.5, 0.6) is 0 Å². The minimum Gasteiger partial charge on any atom is -0.342 e. The minimum atomic E-state index is -0.266. The number of hydrogen-bond donors (Lipinski definition) is 2. The van der Waals surface area contributed by atoms with Gasteiger partial charge in [0.1, 0.15) is 5.82 Å². The quantitative estimate of drug-likeness (QED) is 0.687. The number of para-hydroxylation sites is 2. The van der Waals surface area contributed by atoms with Crippen LogP contribution in [0.25, 0.3) is 11.0 Å².